The maximum absolute atomic E-state index is 11.9. The lowest BCUT2D eigenvalue weighted by Gasteiger charge is -2.26. The van der Waals surface area contributed by atoms with Crippen molar-refractivity contribution in [2.24, 2.45) is 0 Å². The molecule has 3 rings (SSSR count). The Morgan fingerprint density at radius 3 is 2.71 bits per heavy atom. The normalized spacial score (nSPS) is 28.4. The fourth-order valence-electron chi connectivity index (χ4n) is 3.22. The summed E-state index contributed by atoms with van der Waals surface area (Å²) in [6.07, 6.45) is 5.00. The second-order valence-corrected chi connectivity index (χ2v) is 9.30. The van der Waals surface area contributed by atoms with Crippen LogP contribution in [-0.2, 0) is 21.9 Å². The molecule has 5 nitrogen and oxygen atoms in total. The molecule has 1 aromatic rings. The first-order chi connectivity index (χ1) is 9.81. The molecule has 1 aliphatic carbocycles. The largest absolute Gasteiger partial charge is 0.310 e. The third-order valence-electron chi connectivity index (χ3n) is 4.54. The summed E-state index contributed by atoms with van der Waals surface area (Å²) in [4.78, 5) is 0. The van der Waals surface area contributed by atoms with Gasteiger partial charge in [-0.15, -0.1) is 0 Å². The Balaban J connectivity index is 1.92. The smallest absolute Gasteiger partial charge is 0.152 e. The fraction of sp³-hybridized carbons (Fsp3) is 0.800. The number of nitrogens with one attached hydrogen (secondary N) is 1. The van der Waals surface area contributed by atoms with Crippen molar-refractivity contribution in [1.29, 1.82) is 0 Å². The highest BCUT2D eigenvalue weighted by atomic mass is 32.2. The van der Waals surface area contributed by atoms with Crippen molar-refractivity contribution >= 4 is 9.84 Å². The first-order valence-electron chi connectivity index (χ1n) is 7.82. The van der Waals surface area contributed by atoms with Crippen molar-refractivity contribution in [3.05, 3.63) is 17.5 Å². The Hall–Kier alpha value is -0.880. The average Bonchev–Trinajstić information content (AvgIpc) is 3.05. The zero-order valence-corrected chi connectivity index (χ0v) is 13.9. The summed E-state index contributed by atoms with van der Waals surface area (Å²) in [5.41, 5.74) is 2.13. The molecule has 2 fully saturated rings. The van der Waals surface area contributed by atoms with Crippen LogP contribution >= 0.6 is 0 Å². The Bertz CT molecular complexity index is 631. The summed E-state index contributed by atoms with van der Waals surface area (Å²) in [5.74, 6) is 1.07. The van der Waals surface area contributed by atoms with Gasteiger partial charge in [-0.2, -0.15) is 5.10 Å². The SMILES string of the molecule is CC(C)NCc1cnn(C2(C)CCS(=O)(=O)C2)c1C1CC1. The third kappa shape index (κ3) is 3.01. The van der Waals surface area contributed by atoms with Crippen molar-refractivity contribution in [1.82, 2.24) is 15.1 Å². The second kappa shape index (κ2) is 5.09. The number of hydrogen-bond donors (Lipinski definition) is 1. The van der Waals surface area contributed by atoms with Crippen LogP contribution in [0.5, 0.6) is 0 Å². The summed E-state index contributed by atoms with van der Waals surface area (Å²) in [5, 5.41) is 8.03. The lowest BCUT2D eigenvalue weighted by molar-refractivity contribution is 0.317. The first-order valence-corrected chi connectivity index (χ1v) is 9.64. The van der Waals surface area contributed by atoms with E-state index in [4.69, 9.17) is 0 Å². The number of nitrogens with zero attached hydrogens (tertiary/aromatic N) is 2. The van der Waals surface area contributed by atoms with Crippen molar-refractivity contribution in [3.63, 3.8) is 0 Å². The van der Waals surface area contributed by atoms with Gasteiger partial charge in [0.15, 0.2) is 9.84 Å². The Labute approximate surface area is 127 Å². The van der Waals surface area contributed by atoms with Gasteiger partial charge in [0, 0.05) is 29.8 Å². The van der Waals surface area contributed by atoms with E-state index >= 15 is 0 Å². The minimum Gasteiger partial charge on any atom is -0.310 e. The van der Waals surface area contributed by atoms with Crippen LogP contribution in [0.3, 0.4) is 0 Å². The van der Waals surface area contributed by atoms with E-state index in [0.29, 0.717) is 18.4 Å². The van der Waals surface area contributed by atoms with Gasteiger partial charge in [-0.25, -0.2) is 8.42 Å². The van der Waals surface area contributed by atoms with E-state index in [-0.39, 0.29) is 17.0 Å². The molecule has 1 N–H and O–H groups in total. The highest BCUT2D eigenvalue weighted by Crippen LogP contribution is 2.44. The summed E-state index contributed by atoms with van der Waals surface area (Å²) < 4.78 is 25.8. The molecule has 0 amide bonds. The van der Waals surface area contributed by atoms with Crippen LogP contribution in [0.25, 0.3) is 0 Å². The molecule has 0 bridgehead atoms. The Kier molecular flexibility index (Phi) is 3.64. The standard InChI is InChI=1S/C15H25N3O2S/c1-11(2)16-8-13-9-17-18(14(13)12-4-5-12)15(3)6-7-21(19,20)10-15/h9,11-12,16H,4-8,10H2,1-3H3. The van der Waals surface area contributed by atoms with Crippen molar-refractivity contribution in [2.75, 3.05) is 11.5 Å². The maximum atomic E-state index is 11.9. The number of rotatable bonds is 5. The van der Waals surface area contributed by atoms with Crippen LogP contribution in [0.2, 0.25) is 0 Å². The van der Waals surface area contributed by atoms with Gasteiger partial charge in [-0.3, -0.25) is 4.68 Å². The van der Waals surface area contributed by atoms with E-state index in [1.54, 1.807) is 0 Å². The predicted octanol–water partition coefficient (Wildman–Crippen LogP) is 1.79. The molecule has 1 aromatic heterocycles. The molecule has 0 aromatic carbocycles. The highest BCUT2D eigenvalue weighted by molar-refractivity contribution is 7.91. The van der Waals surface area contributed by atoms with E-state index in [9.17, 15) is 8.42 Å². The molecule has 0 radical (unpaired) electrons. The topological polar surface area (TPSA) is 64.0 Å². The maximum Gasteiger partial charge on any atom is 0.152 e. The van der Waals surface area contributed by atoms with Gasteiger partial charge in [0.2, 0.25) is 0 Å². The Morgan fingerprint density at radius 2 is 2.19 bits per heavy atom. The lowest BCUT2D eigenvalue weighted by Crippen LogP contribution is -2.34. The summed E-state index contributed by atoms with van der Waals surface area (Å²) in [7, 11) is -2.92. The van der Waals surface area contributed by atoms with Gasteiger partial charge in [0.1, 0.15) is 0 Å². The molecule has 1 saturated heterocycles. The summed E-state index contributed by atoms with van der Waals surface area (Å²) in [6, 6.07) is 0.433. The molecule has 1 saturated carbocycles. The summed E-state index contributed by atoms with van der Waals surface area (Å²) in [6.45, 7) is 7.11. The van der Waals surface area contributed by atoms with Crippen LogP contribution in [0, 0.1) is 0 Å². The third-order valence-corrected chi connectivity index (χ3v) is 6.43. The van der Waals surface area contributed by atoms with Gasteiger partial charge in [0.25, 0.3) is 0 Å². The molecule has 2 aliphatic rings. The minimum absolute atomic E-state index is 0.221. The van der Waals surface area contributed by atoms with E-state index in [2.05, 4.69) is 24.3 Å². The van der Waals surface area contributed by atoms with Gasteiger partial charge in [-0.05, 0) is 26.2 Å². The number of hydrogen-bond acceptors (Lipinski definition) is 4. The molecular weight excluding hydrogens is 286 g/mol. The van der Waals surface area contributed by atoms with Crippen molar-refractivity contribution in [2.45, 2.75) is 64.1 Å². The molecule has 6 heteroatoms. The molecule has 1 unspecified atom stereocenters. The minimum atomic E-state index is -2.92. The lowest BCUT2D eigenvalue weighted by atomic mass is 10.0. The predicted molar refractivity (Wildman–Crippen MR) is 83.1 cm³/mol. The Morgan fingerprint density at radius 1 is 1.48 bits per heavy atom. The van der Waals surface area contributed by atoms with Gasteiger partial charge >= 0.3 is 0 Å². The molecule has 1 aliphatic heterocycles. The van der Waals surface area contributed by atoms with E-state index in [1.807, 2.05) is 17.8 Å². The fourth-order valence-corrected chi connectivity index (χ4v) is 5.33. The molecule has 0 spiro atoms. The van der Waals surface area contributed by atoms with Crippen LogP contribution in [0.15, 0.2) is 6.20 Å². The van der Waals surface area contributed by atoms with Crippen LogP contribution in [-0.4, -0.2) is 35.7 Å². The molecule has 21 heavy (non-hydrogen) atoms. The van der Waals surface area contributed by atoms with Crippen molar-refractivity contribution < 1.29 is 8.42 Å². The van der Waals surface area contributed by atoms with Crippen LogP contribution in [0.4, 0.5) is 0 Å². The van der Waals surface area contributed by atoms with E-state index in [1.165, 1.54) is 24.1 Å². The average molecular weight is 311 g/mol. The molecule has 2 heterocycles. The zero-order chi connectivity index (χ0) is 15.3. The van der Waals surface area contributed by atoms with E-state index in [0.717, 1.165) is 6.54 Å². The zero-order valence-electron chi connectivity index (χ0n) is 13.1. The summed E-state index contributed by atoms with van der Waals surface area (Å²) >= 11 is 0. The molecule has 1 atom stereocenters. The van der Waals surface area contributed by atoms with Gasteiger partial charge in [0.05, 0.1) is 23.2 Å². The highest BCUT2D eigenvalue weighted by Gasteiger charge is 2.44. The number of aromatic nitrogens is 2. The number of sulfone groups is 1. The van der Waals surface area contributed by atoms with Crippen molar-refractivity contribution in [3.8, 4) is 0 Å². The monoisotopic (exact) mass is 311 g/mol. The van der Waals surface area contributed by atoms with Crippen LogP contribution in [0.1, 0.15) is 57.2 Å². The molecular formula is C15H25N3O2S. The quantitative estimate of drug-likeness (QED) is 0.900. The first kappa shape index (κ1) is 15.0. The van der Waals surface area contributed by atoms with E-state index < -0.39 is 9.84 Å². The van der Waals surface area contributed by atoms with Crippen LogP contribution < -0.4 is 5.32 Å². The second-order valence-electron chi connectivity index (χ2n) is 7.12. The van der Waals surface area contributed by atoms with Gasteiger partial charge < -0.3 is 5.32 Å². The molecule has 118 valence electrons. The van der Waals surface area contributed by atoms with Gasteiger partial charge in [-0.1, -0.05) is 13.8 Å².